The molecule has 0 unspecified atom stereocenters. The summed E-state index contributed by atoms with van der Waals surface area (Å²) in [6.45, 7) is 0. The second-order valence-electron chi connectivity index (χ2n) is 4.91. The Kier molecular flexibility index (Phi) is 4.51. The number of carbonyl (C=O) groups excluding carboxylic acids is 1. The van der Waals surface area contributed by atoms with Gasteiger partial charge >= 0.3 is 0 Å². The highest BCUT2D eigenvalue weighted by atomic mass is 35.5. The molecule has 2 aromatic carbocycles. The van der Waals surface area contributed by atoms with Crippen LogP contribution >= 0.6 is 23.2 Å². The predicted molar refractivity (Wildman–Crippen MR) is 92.5 cm³/mol. The van der Waals surface area contributed by atoms with Gasteiger partial charge in [0.2, 0.25) is 0 Å². The van der Waals surface area contributed by atoms with Crippen molar-refractivity contribution in [3.8, 4) is 0 Å². The van der Waals surface area contributed by atoms with Gasteiger partial charge in [-0.05, 0) is 24.3 Å². The van der Waals surface area contributed by atoms with Gasteiger partial charge in [-0.3, -0.25) is 10.2 Å². The van der Waals surface area contributed by atoms with E-state index in [9.17, 15) is 13.2 Å². The average Bonchev–Trinajstić information content (AvgIpc) is 2.96. The van der Waals surface area contributed by atoms with Crippen molar-refractivity contribution in [1.29, 1.82) is 0 Å². The van der Waals surface area contributed by atoms with Crippen LogP contribution < -0.4 is 10.3 Å². The summed E-state index contributed by atoms with van der Waals surface area (Å²) in [5.74, 6) is -0.593. The van der Waals surface area contributed by atoms with Crippen LogP contribution in [0.3, 0.4) is 0 Å². The van der Waals surface area contributed by atoms with E-state index in [2.05, 4.69) is 10.4 Å². The predicted octanol–water partition coefficient (Wildman–Crippen LogP) is 3.10. The lowest BCUT2D eigenvalue weighted by Gasteiger charge is -2.09. The Balaban J connectivity index is 1.80. The van der Waals surface area contributed by atoms with Gasteiger partial charge in [0.1, 0.15) is 0 Å². The van der Waals surface area contributed by atoms with Crippen LogP contribution in [-0.4, -0.2) is 19.3 Å². The zero-order chi connectivity index (χ0) is 17.3. The summed E-state index contributed by atoms with van der Waals surface area (Å²) in [7, 11) is -4.01. The highest BCUT2D eigenvalue weighted by molar-refractivity contribution is 7.89. The smallest absolute Gasteiger partial charge is 0.268 e. The number of sulfonamides is 1. The Morgan fingerprint density at radius 3 is 2.42 bits per heavy atom. The van der Waals surface area contributed by atoms with E-state index < -0.39 is 15.9 Å². The Bertz CT molecular complexity index is 1010. The number of rotatable bonds is 4. The maximum atomic E-state index is 12.2. The van der Waals surface area contributed by atoms with E-state index in [1.807, 2.05) is 17.0 Å². The number of carbonyl (C=O) groups is 1. The van der Waals surface area contributed by atoms with Crippen LogP contribution in [-0.2, 0) is 10.0 Å². The lowest BCUT2D eigenvalue weighted by Crippen LogP contribution is -2.41. The molecule has 0 atom stereocenters. The van der Waals surface area contributed by atoms with Gasteiger partial charge in [-0.15, -0.1) is 4.83 Å². The molecule has 0 radical (unpaired) electrons. The van der Waals surface area contributed by atoms with Crippen molar-refractivity contribution in [3.05, 3.63) is 64.3 Å². The zero-order valence-electron chi connectivity index (χ0n) is 12.0. The second kappa shape index (κ2) is 6.45. The second-order valence-corrected chi connectivity index (χ2v) is 7.47. The van der Waals surface area contributed by atoms with E-state index in [1.54, 1.807) is 12.1 Å². The van der Waals surface area contributed by atoms with Gasteiger partial charge in [-0.25, -0.2) is 8.42 Å². The molecule has 1 aromatic heterocycles. The number of hydrogen-bond acceptors (Lipinski definition) is 3. The minimum atomic E-state index is -4.01. The molecule has 3 aromatic rings. The molecule has 124 valence electrons. The van der Waals surface area contributed by atoms with Gasteiger partial charge in [-0.2, -0.15) is 0 Å². The molecule has 24 heavy (non-hydrogen) atoms. The largest absolute Gasteiger partial charge is 0.360 e. The lowest BCUT2D eigenvalue weighted by molar-refractivity contribution is 0.0947. The molecule has 6 nitrogen and oxygen atoms in total. The normalized spacial score (nSPS) is 11.6. The van der Waals surface area contributed by atoms with Gasteiger partial charge in [-0.1, -0.05) is 41.4 Å². The van der Waals surface area contributed by atoms with E-state index in [-0.39, 0.29) is 14.9 Å². The van der Waals surface area contributed by atoms with Gasteiger partial charge in [0.15, 0.2) is 0 Å². The van der Waals surface area contributed by atoms with Crippen molar-refractivity contribution in [2.75, 3.05) is 0 Å². The Morgan fingerprint density at radius 1 is 1.04 bits per heavy atom. The average molecular weight is 384 g/mol. The molecule has 0 aliphatic rings. The molecular weight excluding hydrogens is 373 g/mol. The Labute approximate surface area is 147 Å². The molecule has 0 spiro atoms. The first kappa shape index (κ1) is 16.8. The van der Waals surface area contributed by atoms with Crippen molar-refractivity contribution >= 4 is 50.0 Å². The summed E-state index contributed by atoms with van der Waals surface area (Å²) in [6, 6.07) is 11.0. The minimum Gasteiger partial charge on any atom is -0.360 e. The molecule has 0 fully saturated rings. The number of para-hydroxylation sites is 1. The summed E-state index contributed by atoms with van der Waals surface area (Å²) in [5, 5.41) is 1.02. The van der Waals surface area contributed by atoms with Crippen molar-refractivity contribution < 1.29 is 13.2 Å². The van der Waals surface area contributed by atoms with Crippen LogP contribution in [0.1, 0.15) is 10.4 Å². The summed E-state index contributed by atoms with van der Waals surface area (Å²) in [5.41, 5.74) is 3.26. The van der Waals surface area contributed by atoms with Crippen molar-refractivity contribution in [2.24, 2.45) is 0 Å². The number of halogens is 2. The lowest BCUT2D eigenvalue weighted by atomic mass is 10.2. The molecule has 3 rings (SSSR count). The quantitative estimate of drug-likeness (QED) is 0.604. The van der Waals surface area contributed by atoms with Crippen molar-refractivity contribution in [3.63, 3.8) is 0 Å². The standard InChI is InChI=1S/C15H11Cl2N3O3S/c16-9-5-10(17)7-11(6-9)24(22,23)20-19-15(21)13-8-18-14-4-2-1-3-12(13)14/h1-8,18,20H,(H,19,21). The fourth-order valence-electron chi connectivity index (χ4n) is 2.18. The number of amides is 1. The first-order valence-electron chi connectivity index (χ1n) is 6.71. The number of fused-ring (bicyclic) bond motifs is 1. The summed E-state index contributed by atoms with van der Waals surface area (Å²) >= 11 is 11.6. The summed E-state index contributed by atoms with van der Waals surface area (Å²) in [6.07, 6.45) is 1.50. The number of aromatic amines is 1. The number of hydrazine groups is 1. The number of nitrogens with one attached hydrogen (secondary N) is 3. The van der Waals surface area contributed by atoms with Crippen LogP contribution in [0, 0.1) is 0 Å². The van der Waals surface area contributed by atoms with Gasteiger partial charge in [0.25, 0.3) is 15.9 Å². The third kappa shape index (κ3) is 3.39. The topological polar surface area (TPSA) is 91.1 Å². The molecule has 0 saturated carbocycles. The fourth-order valence-corrected chi connectivity index (χ4v) is 3.75. The first-order valence-corrected chi connectivity index (χ1v) is 8.95. The zero-order valence-corrected chi connectivity index (χ0v) is 14.3. The highest BCUT2D eigenvalue weighted by Gasteiger charge is 2.18. The van der Waals surface area contributed by atoms with Crippen LogP contribution in [0.25, 0.3) is 10.9 Å². The highest BCUT2D eigenvalue weighted by Crippen LogP contribution is 2.22. The molecule has 9 heteroatoms. The van der Waals surface area contributed by atoms with E-state index in [0.717, 1.165) is 5.52 Å². The maximum Gasteiger partial charge on any atom is 0.268 e. The third-order valence-corrected chi connectivity index (χ3v) is 4.94. The molecule has 1 heterocycles. The third-order valence-electron chi connectivity index (χ3n) is 3.28. The van der Waals surface area contributed by atoms with Crippen LogP contribution in [0.2, 0.25) is 10.0 Å². The van der Waals surface area contributed by atoms with Gasteiger partial charge < -0.3 is 4.98 Å². The minimum absolute atomic E-state index is 0.153. The number of aromatic nitrogens is 1. The molecule has 0 aliphatic heterocycles. The van der Waals surface area contributed by atoms with Gasteiger partial charge in [0, 0.05) is 27.1 Å². The summed E-state index contributed by atoms with van der Waals surface area (Å²) < 4.78 is 24.4. The molecule has 0 aliphatic carbocycles. The van der Waals surface area contributed by atoms with E-state index in [1.165, 1.54) is 24.4 Å². The molecular formula is C15H11Cl2N3O3S. The Hall–Kier alpha value is -2.06. The van der Waals surface area contributed by atoms with Gasteiger partial charge in [0.05, 0.1) is 10.5 Å². The molecule has 3 N–H and O–H groups in total. The van der Waals surface area contributed by atoms with Crippen LogP contribution in [0.4, 0.5) is 0 Å². The summed E-state index contributed by atoms with van der Waals surface area (Å²) in [4.78, 5) is 17.0. The number of hydrogen-bond donors (Lipinski definition) is 3. The van der Waals surface area contributed by atoms with Crippen molar-refractivity contribution in [1.82, 2.24) is 15.2 Å². The molecule has 0 bridgehead atoms. The number of H-pyrrole nitrogens is 1. The first-order chi connectivity index (χ1) is 11.4. The number of benzene rings is 2. The van der Waals surface area contributed by atoms with E-state index in [0.29, 0.717) is 10.9 Å². The Morgan fingerprint density at radius 2 is 1.71 bits per heavy atom. The molecule has 0 saturated heterocycles. The van der Waals surface area contributed by atoms with Crippen molar-refractivity contribution in [2.45, 2.75) is 4.90 Å². The van der Waals surface area contributed by atoms with Crippen LogP contribution in [0.15, 0.2) is 53.6 Å². The van der Waals surface area contributed by atoms with Crippen LogP contribution in [0.5, 0.6) is 0 Å². The maximum absolute atomic E-state index is 12.2. The monoisotopic (exact) mass is 383 g/mol. The fraction of sp³-hybridized carbons (Fsp3) is 0. The molecule has 1 amide bonds. The van der Waals surface area contributed by atoms with E-state index in [4.69, 9.17) is 23.2 Å². The SMILES string of the molecule is O=C(NNS(=O)(=O)c1cc(Cl)cc(Cl)c1)c1c[nH]c2ccccc12. The van der Waals surface area contributed by atoms with E-state index >= 15 is 0 Å².